The zero-order valence-electron chi connectivity index (χ0n) is 13.8. The Morgan fingerprint density at radius 1 is 1.30 bits per heavy atom. The van der Waals surface area contributed by atoms with Gasteiger partial charge in [-0.1, -0.05) is 31.5 Å². The zero-order chi connectivity index (χ0) is 17.1. The fourth-order valence-electron chi connectivity index (χ4n) is 2.65. The summed E-state index contributed by atoms with van der Waals surface area (Å²) < 4.78 is 26.7. The largest absolute Gasteiger partial charge is 0.352 e. The summed E-state index contributed by atoms with van der Waals surface area (Å²) in [6, 6.07) is 6.56. The molecule has 0 radical (unpaired) electrons. The lowest BCUT2D eigenvalue weighted by Gasteiger charge is -2.39. The van der Waals surface area contributed by atoms with Crippen LogP contribution in [0.4, 0.5) is 0 Å². The highest BCUT2D eigenvalue weighted by atomic mass is 32.2. The summed E-state index contributed by atoms with van der Waals surface area (Å²) >= 11 is 0. The molecule has 1 amide bonds. The summed E-state index contributed by atoms with van der Waals surface area (Å²) in [4.78, 5) is 12.2. The van der Waals surface area contributed by atoms with Gasteiger partial charge < -0.3 is 10.6 Å². The van der Waals surface area contributed by atoms with Crippen LogP contribution in [0, 0.1) is 12.3 Å². The number of sulfonamides is 1. The van der Waals surface area contributed by atoms with E-state index in [1.807, 2.05) is 6.92 Å². The molecule has 2 rings (SSSR count). The first-order valence-corrected chi connectivity index (χ1v) is 9.25. The van der Waals surface area contributed by atoms with Crippen molar-refractivity contribution in [1.82, 2.24) is 15.4 Å². The maximum absolute atomic E-state index is 12.2. The molecular formula is C16H25N3O3S. The lowest BCUT2D eigenvalue weighted by Crippen LogP contribution is -2.55. The van der Waals surface area contributed by atoms with E-state index in [9.17, 15) is 13.2 Å². The van der Waals surface area contributed by atoms with Crippen molar-refractivity contribution >= 4 is 15.9 Å². The Bertz CT molecular complexity index is 654. The number of piperidine rings is 1. The molecule has 1 fully saturated rings. The Morgan fingerprint density at radius 2 is 1.96 bits per heavy atom. The molecule has 0 aromatic heterocycles. The highest BCUT2D eigenvalue weighted by molar-refractivity contribution is 7.89. The molecule has 1 heterocycles. The normalized spacial score (nSPS) is 20.9. The first-order valence-electron chi connectivity index (χ1n) is 7.77. The Balaban J connectivity index is 1.92. The molecule has 1 aliphatic rings. The highest BCUT2D eigenvalue weighted by Gasteiger charge is 2.33. The molecule has 7 heteroatoms. The van der Waals surface area contributed by atoms with Crippen LogP contribution in [-0.2, 0) is 14.8 Å². The van der Waals surface area contributed by atoms with Crippen molar-refractivity contribution in [3.05, 3.63) is 29.8 Å². The van der Waals surface area contributed by atoms with E-state index >= 15 is 0 Å². The molecule has 128 valence electrons. The molecule has 1 saturated heterocycles. The summed E-state index contributed by atoms with van der Waals surface area (Å²) in [6.07, 6.45) is 0.837. The van der Waals surface area contributed by atoms with Crippen LogP contribution < -0.4 is 15.4 Å². The van der Waals surface area contributed by atoms with Gasteiger partial charge in [0.1, 0.15) is 0 Å². The Kier molecular flexibility index (Phi) is 5.44. The molecule has 1 atom stereocenters. The second-order valence-electron chi connectivity index (χ2n) is 6.71. The van der Waals surface area contributed by atoms with Crippen LogP contribution in [0.15, 0.2) is 29.2 Å². The number of carbonyl (C=O) groups is 1. The summed E-state index contributed by atoms with van der Waals surface area (Å²) in [5, 5.41) is 6.23. The maximum Gasteiger partial charge on any atom is 0.241 e. The minimum Gasteiger partial charge on any atom is -0.352 e. The number of nitrogens with one attached hydrogen (secondary N) is 3. The number of aryl methyl sites for hydroxylation is 1. The molecule has 23 heavy (non-hydrogen) atoms. The molecule has 1 aromatic rings. The third kappa shape index (κ3) is 4.76. The topological polar surface area (TPSA) is 87.3 Å². The number of hydrogen-bond acceptors (Lipinski definition) is 4. The van der Waals surface area contributed by atoms with Crippen molar-refractivity contribution in [3.8, 4) is 0 Å². The van der Waals surface area contributed by atoms with Gasteiger partial charge in [-0.25, -0.2) is 13.1 Å². The second kappa shape index (κ2) is 6.98. The van der Waals surface area contributed by atoms with E-state index in [1.165, 1.54) is 12.1 Å². The van der Waals surface area contributed by atoms with E-state index in [1.54, 1.807) is 12.1 Å². The Morgan fingerprint density at radius 3 is 2.57 bits per heavy atom. The number of amides is 1. The first-order chi connectivity index (χ1) is 10.7. The Hall–Kier alpha value is -1.44. The van der Waals surface area contributed by atoms with Crippen molar-refractivity contribution in [2.45, 2.75) is 38.1 Å². The van der Waals surface area contributed by atoms with Gasteiger partial charge in [0.15, 0.2) is 0 Å². The molecule has 1 aromatic carbocycles. The number of carbonyl (C=O) groups excluding carboxylic acids is 1. The molecule has 6 nitrogen and oxygen atoms in total. The lowest BCUT2D eigenvalue weighted by atomic mass is 9.80. The minimum absolute atomic E-state index is 0.0418. The first kappa shape index (κ1) is 17.9. The van der Waals surface area contributed by atoms with E-state index in [4.69, 9.17) is 0 Å². The van der Waals surface area contributed by atoms with Crippen LogP contribution in [0.1, 0.15) is 25.8 Å². The summed E-state index contributed by atoms with van der Waals surface area (Å²) in [5.41, 5.74) is 0.929. The third-order valence-corrected chi connectivity index (χ3v) is 5.64. The third-order valence-electron chi connectivity index (χ3n) is 4.22. The standard InChI is InChI=1S/C16H25N3O3S/c1-12-4-6-13(7-5-12)23(21,22)18-10-15(20)19-14-8-9-17-11-16(14,2)3/h4-7,14,17-18H,8-11H2,1-3H3,(H,19,20). The van der Waals surface area contributed by atoms with E-state index in [0.29, 0.717) is 0 Å². The van der Waals surface area contributed by atoms with Crippen LogP contribution in [0.3, 0.4) is 0 Å². The lowest BCUT2D eigenvalue weighted by molar-refractivity contribution is -0.121. The number of benzene rings is 1. The van der Waals surface area contributed by atoms with Gasteiger partial charge in [-0.3, -0.25) is 4.79 Å². The van der Waals surface area contributed by atoms with Gasteiger partial charge in [0.25, 0.3) is 0 Å². The quantitative estimate of drug-likeness (QED) is 0.740. The van der Waals surface area contributed by atoms with Crippen LogP contribution in [0.5, 0.6) is 0 Å². The van der Waals surface area contributed by atoms with Gasteiger partial charge >= 0.3 is 0 Å². The van der Waals surface area contributed by atoms with E-state index in [0.717, 1.165) is 25.1 Å². The fourth-order valence-corrected chi connectivity index (χ4v) is 3.63. The molecule has 0 aliphatic carbocycles. The van der Waals surface area contributed by atoms with Gasteiger partial charge in [-0.05, 0) is 37.4 Å². The SMILES string of the molecule is Cc1ccc(S(=O)(=O)NCC(=O)NC2CCNCC2(C)C)cc1. The van der Waals surface area contributed by atoms with Crippen molar-refractivity contribution in [3.63, 3.8) is 0 Å². The fraction of sp³-hybridized carbons (Fsp3) is 0.562. The molecule has 0 saturated carbocycles. The summed E-state index contributed by atoms with van der Waals surface area (Å²) in [7, 11) is -3.66. The average molecular weight is 339 g/mol. The Labute approximate surface area is 138 Å². The van der Waals surface area contributed by atoms with Crippen LogP contribution in [-0.4, -0.2) is 40.0 Å². The van der Waals surface area contributed by atoms with Crippen LogP contribution in [0.2, 0.25) is 0 Å². The highest BCUT2D eigenvalue weighted by Crippen LogP contribution is 2.24. The van der Waals surface area contributed by atoms with Crippen molar-refractivity contribution in [2.24, 2.45) is 5.41 Å². The van der Waals surface area contributed by atoms with E-state index in [-0.39, 0.29) is 28.8 Å². The number of hydrogen-bond donors (Lipinski definition) is 3. The summed E-state index contributed by atoms with van der Waals surface area (Å²) in [5.74, 6) is -0.305. The zero-order valence-corrected chi connectivity index (χ0v) is 14.7. The molecule has 0 bridgehead atoms. The van der Waals surface area contributed by atoms with Crippen LogP contribution >= 0.6 is 0 Å². The average Bonchev–Trinajstić information content (AvgIpc) is 2.48. The van der Waals surface area contributed by atoms with Crippen molar-refractivity contribution in [1.29, 1.82) is 0 Å². The van der Waals surface area contributed by atoms with Crippen molar-refractivity contribution in [2.75, 3.05) is 19.6 Å². The predicted molar refractivity (Wildman–Crippen MR) is 89.6 cm³/mol. The van der Waals surface area contributed by atoms with Gasteiger partial charge in [-0.2, -0.15) is 0 Å². The van der Waals surface area contributed by atoms with Gasteiger partial charge in [0.05, 0.1) is 11.4 Å². The maximum atomic E-state index is 12.2. The minimum atomic E-state index is -3.66. The van der Waals surface area contributed by atoms with Gasteiger partial charge in [0.2, 0.25) is 15.9 Å². The van der Waals surface area contributed by atoms with E-state index in [2.05, 4.69) is 29.2 Å². The summed E-state index contributed by atoms with van der Waals surface area (Å²) in [6.45, 7) is 7.48. The molecule has 0 spiro atoms. The smallest absolute Gasteiger partial charge is 0.241 e. The van der Waals surface area contributed by atoms with Crippen LogP contribution in [0.25, 0.3) is 0 Å². The monoisotopic (exact) mass is 339 g/mol. The van der Waals surface area contributed by atoms with Gasteiger partial charge in [-0.15, -0.1) is 0 Å². The van der Waals surface area contributed by atoms with Gasteiger partial charge in [0, 0.05) is 12.6 Å². The molecular weight excluding hydrogens is 314 g/mol. The molecule has 3 N–H and O–H groups in total. The predicted octanol–water partition coefficient (Wildman–Crippen LogP) is 0.778. The molecule has 1 aliphatic heterocycles. The molecule has 1 unspecified atom stereocenters. The number of rotatable bonds is 5. The van der Waals surface area contributed by atoms with E-state index < -0.39 is 10.0 Å². The van der Waals surface area contributed by atoms with Crippen molar-refractivity contribution < 1.29 is 13.2 Å². The second-order valence-corrected chi connectivity index (χ2v) is 8.48.